The van der Waals surface area contributed by atoms with Gasteiger partial charge in [-0.15, -0.1) is 0 Å². The molecule has 0 unspecified atom stereocenters. The third-order valence-corrected chi connectivity index (χ3v) is 2.42. The third kappa shape index (κ3) is 3.69. The molecular formula is C13H17N5O. The first-order valence-corrected chi connectivity index (χ1v) is 6.20. The largest absolute Gasteiger partial charge is 0.378 e. The zero-order valence-corrected chi connectivity index (χ0v) is 11.1. The number of hydrogen-bond acceptors (Lipinski definition) is 6. The number of nitrogens with one attached hydrogen (secondary N) is 1. The fraction of sp³-hybridized carbons (Fsp3) is 0.385. The average Bonchev–Trinajstić information content (AvgIpc) is 2.46. The fourth-order valence-corrected chi connectivity index (χ4v) is 1.59. The molecule has 2 rings (SSSR count). The van der Waals surface area contributed by atoms with Gasteiger partial charge in [-0.3, -0.25) is 4.98 Å². The molecular weight excluding hydrogens is 242 g/mol. The second kappa shape index (κ2) is 6.75. The zero-order valence-electron chi connectivity index (χ0n) is 11.1. The SMILES string of the molecule is CCCNc1cc(COC)nc(-c2cnccn2)n1. The summed E-state index contributed by atoms with van der Waals surface area (Å²) in [6, 6.07) is 1.89. The first-order valence-electron chi connectivity index (χ1n) is 6.20. The van der Waals surface area contributed by atoms with Crippen molar-refractivity contribution in [2.75, 3.05) is 19.0 Å². The smallest absolute Gasteiger partial charge is 0.182 e. The van der Waals surface area contributed by atoms with E-state index in [2.05, 4.69) is 32.2 Å². The van der Waals surface area contributed by atoms with E-state index in [4.69, 9.17) is 4.74 Å². The highest BCUT2D eigenvalue weighted by Gasteiger charge is 2.07. The Kier molecular flexibility index (Phi) is 4.74. The van der Waals surface area contributed by atoms with Crippen LogP contribution in [0.3, 0.4) is 0 Å². The Morgan fingerprint density at radius 2 is 2.16 bits per heavy atom. The van der Waals surface area contributed by atoms with Crippen molar-refractivity contribution in [2.45, 2.75) is 20.0 Å². The summed E-state index contributed by atoms with van der Waals surface area (Å²) >= 11 is 0. The van der Waals surface area contributed by atoms with Crippen LogP contribution in [0.25, 0.3) is 11.5 Å². The van der Waals surface area contributed by atoms with Gasteiger partial charge in [0.1, 0.15) is 11.5 Å². The molecule has 6 nitrogen and oxygen atoms in total. The second-order valence-electron chi connectivity index (χ2n) is 4.02. The van der Waals surface area contributed by atoms with Crippen molar-refractivity contribution in [3.8, 4) is 11.5 Å². The number of methoxy groups -OCH3 is 1. The molecule has 0 fully saturated rings. The van der Waals surface area contributed by atoms with Gasteiger partial charge in [-0.25, -0.2) is 15.0 Å². The predicted molar refractivity (Wildman–Crippen MR) is 72.6 cm³/mol. The molecule has 0 bridgehead atoms. The van der Waals surface area contributed by atoms with E-state index in [0.29, 0.717) is 18.1 Å². The molecule has 0 saturated heterocycles. The number of aromatic nitrogens is 4. The average molecular weight is 259 g/mol. The molecule has 2 aromatic rings. The third-order valence-electron chi connectivity index (χ3n) is 2.42. The van der Waals surface area contributed by atoms with Crippen LogP contribution in [0.15, 0.2) is 24.7 Å². The summed E-state index contributed by atoms with van der Waals surface area (Å²) < 4.78 is 5.12. The molecule has 1 N–H and O–H groups in total. The zero-order chi connectivity index (χ0) is 13.5. The van der Waals surface area contributed by atoms with Crippen molar-refractivity contribution in [1.82, 2.24) is 19.9 Å². The summed E-state index contributed by atoms with van der Waals surface area (Å²) in [5.74, 6) is 1.34. The van der Waals surface area contributed by atoms with Gasteiger partial charge in [0.2, 0.25) is 0 Å². The molecule has 100 valence electrons. The van der Waals surface area contributed by atoms with Gasteiger partial charge in [-0.05, 0) is 6.42 Å². The summed E-state index contributed by atoms with van der Waals surface area (Å²) in [7, 11) is 1.64. The lowest BCUT2D eigenvalue weighted by atomic mass is 10.3. The van der Waals surface area contributed by atoms with E-state index in [9.17, 15) is 0 Å². The Morgan fingerprint density at radius 1 is 1.26 bits per heavy atom. The summed E-state index contributed by atoms with van der Waals surface area (Å²) in [6.45, 7) is 3.41. The highest BCUT2D eigenvalue weighted by Crippen LogP contribution is 2.15. The summed E-state index contributed by atoms with van der Waals surface area (Å²) in [4.78, 5) is 17.1. The highest BCUT2D eigenvalue weighted by molar-refractivity contribution is 5.51. The van der Waals surface area contributed by atoms with Crippen molar-refractivity contribution in [1.29, 1.82) is 0 Å². The molecule has 0 spiro atoms. The van der Waals surface area contributed by atoms with E-state index in [1.54, 1.807) is 25.7 Å². The van der Waals surface area contributed by atoms with Gasteiger partial charge >= 0.3 is 0 Å². The molecule has 0 amide bonds. The topological polar surface area (TPSA) is 72.8 Å². The minimum Gasteiger partial charge on any atom is -0.378 e. The van der Waals surface area contributed by atoms with Crippen LogP contribution < -0.4 is 5.32 Å². The van der Waals surface area contributed by atoms with Gasteiger partial charge < -0.3 is 10.1 Å². The van der Waals surface area contributed by atoms with Crippen LogP contribution in [0.2, 0.25) is 0 Å². The van der Waals surface area contributed by atoms with Gasteiger partial charge in [0.15, 0.2) is 5.82 Å². The molecule has 2 heterocycles. The van der Waals surface area contributed by atoms with Gasteiger partial charge in [0.25, 0.3) is 0 Å². The first kappa shape index (κ1) is 13.4. The number of rotatable bonds is 6. The van der Waals surface area contributed by atoms with Crippen LogP contribution >= 0.6 is 0 Å². The minimum absolute atomic E-state index is 0.441. The van der Waals surface area contributed by atoms with Crippen molar-refractivity contribution >= 4 is 5.82 Å². The van der Waals surface area contributed by atoms with Gasteiger partial charge in [0.05, 0.1) is 18.5 Å². The lowest BCUT2D eigenvalue weighted by Crippen LogP contribution is -2.06. The Morgan fingerprint density at radius 3 is 2.84 bits per heavy atom. The Bertz CT molecular complexity index is 518. The van der Waals surface area contributed by atoms with Gasteiger partial charge in [-0.2, -0.15) is 0 Å². The maximum atomic E-state index is 5.12. The molecule has 0 aromatic carbocycles. The van der Waals surface area contributed by atoms with Crippen LogP contribution in [0.1, 0.15) is 19.0 Å². The standard InChI is InChI=1S/C13H17N5O/c1-3-4-16-12-7-10(9-19-2)17-13(18-12)11-8-14-5-6-15-11/h5-8H,3-4,9H2,1-2H3,(H,16,17,18). The van der Waals surface area contributed by atoms with Crippen molar-refractivity contribution in [3.63, 3.8) is 0 Å². The van der Waals surface area contributed by atoms with E-state index in [1.807, 2.05) is 6.07 Å². The van der Waals surface area contributed by atoms with Crippen molar-refractivity contribution in [3.05, 3.63) is 30.4 Å². The molecule has 0 aliphatic rings. The van der Waals surface area contributed by atoms with E-state index in [1.165, 1.54) is 0 Å². The number of hydrogen-bond donors (Lipinski definition) is 1. The van der Waals surface area contributed by atoms with Gasteiger partial charge in [0, 0.05) is 32.1 Å². The summed E-state index contributed by atoms with van der Waals surface area (Å²) in [5, 5.41) is 3.25. The van der Waals surface area contributed by atoms with E-state index in [0.717, 1.165) is 24.5 Å². The van der Waals surface area contributed by atoms with E-state index < -0.39 is 0 Å². The second-order valence-corrected chi connectivity index (χ2v) is 4.02. The highest BCUT2D eigenvalue weighted by atomic mass is 16.5. The summed E-state index contributed by atoms with van der Waals surface area (Å²) in [5.41, 5.74) is 1.47. The molecule has 0 atom stereocenters. The molecule has 0 aliphatic carbocycles. The molecule has 0 radical (unpaired) electrons. The predicted octanol–water partition coefficient (Wildman–Crippen LogP) is 1.90. The normalized spacial score (nSPS) is 10.4. The van der Waals surface area contributed by atoms with Crippen LogP contribution in [0, 0.1) is 0 Å². The quantitative estimate of drug-likeness (QED) is 0.854. The van der Waals surface area contributed by atoms with Gasteiger partial charge in [-0.1, -0.05) is 6.92 Å². The van der Waals surface area contributed by atoms with Crippen LogP contribution in [-0.2, 0) is 11.3 Å². The maximum Gasteiger partial charge on any atom is 0.182 e. The Balaban J connectivity index is 2.33. The molecule has 19 heavy (non-hydrogen) atoms. The molecule has 2 aromatic heterocycles. The minimum atomic E-state index is 0.441. The lowest BCUT2D eigenvalue weighted by Gasteiger charge is -2.08. The van der Waals surface area contributed by atoms with Crippen LogP contribution in [-0.4, -0.2) is 33.6 Å². The summed E-state index contributed by atoms with van der Waals surface area (Å²) in [6.07, 6.45) is 5.93. The van der Waals surface area contributed by atoms with Crippen LogP contribution in [0.5, 0.6) is 0 Å². The Labute approximate surface area is 112 Å². The van der Waals surface area contributed by atoms with Crippen molar-refractivity contribution < 1.29 is 4.74 Å². The number of nitrogens with zero attached hydrogens (tertiary/aromatic N) is 4. The van der Waals surface area contributed by atoms with E-state index >= 15 is 0 Å². The lowest BCUT2D eigenvalue weighted by molar-refractivity contribution is 0.181. The number of ether oxygens (including phenoxy) is 1. The molecule has 0 aliphatic heterocycles. The van der Waals surface area contributed by atoms with Crippen LogP contribution in [0.4, 0.5) is 5.82 Å². The fourth-order valence-electron chi connectivity index (χ4n) is 1.59. The number of anilines is 1. The maximum absolute atomic E-state index is 5.12. The molecule has 6 heteroatoms. The first-order chi connectivity index (χ1) is 9.33. The van der Waals surface area contributed by atoms with Crippen molar-refractivity contribution in [2.24, 2.45) is 0 Å². The monoisotopic (exact) mass is 259 g/mol. The van der Waals surface area contributed by atoms with E-state index in [-0.39, 0.29) is 0 Å². The molecule has 0 saturated carbocycles. The Hall–Kier alpha value is -2.08.